The number of nitrogens with zero attached hydrogens (tertiary/aromatic N) is 1. The molecule has 4 nitrogen and oxygen atoms in total. The summed E-state index contributed by atoms with van der Waals surface area (Å²) < 4.78 is 11.1. The summed E-state index contributed by atoms with van der Waals surface area (Å²) in [5.41, 5.74) is 0.334. The van der Waals surface area contributed by atoms with Gasteiger partial charge in [-0.3, -0.25) is 0 Å². The molecule has 0 aromatic carbocycles. The van der Waals surface area contributed by atoms with Gasteiger partial charge in [-0.25, -0.2) is 0 Å². The van der Waals surface area contributed by atoms with Gasteiger partial charge in [-0.1, -0.05) is 6.92 Å². The van der Waals surface area contributed by atoms with E-state index in [9.17, 15) is 0 Å². The van der Waals surface area contributed by atoms with E-state index in [1.807, 2.05) is 0 Å². The zero-order chi connectivity index (χ0) is 12.0. The van der Waals surface area contributed by atoms with Crippen molar-refractivity contribution < 1.29 is 9.47 Å². The van der Waals surface area contributed by atoms with E-state index in [1.54, 1.807) is 0 Å². The second-order valence-electron chi connectivity index (χ2n) is 5.32. The summed E-state index contributed by atoms with van der Waals surface area (Å²) in [5, 5.41) is 3.50. The second-order valence-corrected chi connectivity index (χ2v) is 5.32. The van der Waals surface area contributed by atoms with Gasteiger partial charge in [0, 0.05) is 44.8 Å². The van der Waals surface area contributed by atoms with E-state index in [2.05, 4.69) is 17.1 Å². The third-order valence-electron chi connectivity index (χ3n) is 3.81. The Balaban J connectivity index is 1.87. The Morgan fingerprint density at radius 3 is 2.88 bits per heavy atom. The highest BCUT2D eigenvalue weighted by atomic mass is 16.5. The topological polar surface area (TPSA) is 33.7 Å². The zero-order valence-corrected chi connectivity index (χ0v) is 11.0. The molecule has 1 unspecified atom stereocenters. The first-order chi connectivity index (χ1) is 8.35. The average Bonchev–Trinajstić information content (AvgIpc) is 2.64. The van der Waals surface area contributed by atoms with Crippen molar-refractivity contribution in [2.45, 2.75) is 19.8 Å². The lowest BCUT2D eigenvalue weighted by Gasteiger charge is -2.33. The molecule has 1 N–H and O–H groups in total. The van der Waals surface area contributed by atoms with Crippen LogP contribution in [0.25, 0.3) is 0 Å². The normalized spacial score (nSPS) is 31.6. The van der Waals surface area contributed by atoms with E-state index < -0.39 is 0 Å². The molecule has 0 spiro atoms. The SMILES string of the molecule is CCNCC1(CN2CCCOCC2)CCOC1. The highest BCUT2D eigenvalue weighted by molar-refractivity contribution is 4.88. The second kappa shape index (κ2) is 6.69. The lowest BCUT2D eigenvalue weighted by Crippen LogP contribution is -2.45. The van der Waals surface area contributed by atoms with Crippen LogP contribution in [0.5, 0.6) is 0 Å². The van der Waals surface area contributed by atoms with Gasteiger partial charge in [-0.05, 0) is 19.4 Å². The molecule has 2 fully saturated rings. The van der Waals surface area contributed by atoms with Gasteiger partial charge in [-0.15, -0.1) is 0 Å². The first kappa shape index (κ1) is 13.3. The lowest BCUT2D eigenvalue weighted by atomic mass is 9.86. The van der Waals surface area contributed by atoms with Crippen LogP contribution in [0.15, 0.2) is 0 Å². The maximum absolute atomic E-state index is 5.63. The van der Waals surface area contributed by atoms with Crippen molar-refractivity contribution in [2.75, 3.05) is 59.2 Å². The Kier molecular flexibility index (Phi) is 5.22. The van der Waals surface area contributed by atoms with Crippen LogP contribution >= 0.6 is 0 Å². The maximum Gasteiger partial charge on any atom is 0.0593 e. The van der Waals surface area contributed by atoms with E-state index in [4.69, 9.17) is 9.47 Å². The fourth-order valence-corrected chi connectivity index (χ4v) is 2.79. The zero-order valence-electron chi connectivity index (χ0n) is 11.0. The molecule has 0 aromatic heterocycles. The number of nitrogens with one attached hydrogen (secondary N) is 1. The van der Waals surface area contributed by atoms with Crippen molar-refractivity contribution in [1.82, 2.24) is 10.2 Å². The molecule has 1 atom stereocenters. The van der Waals surface area contributed by atoms with Gasteiger partial charge in [0.2, 0.25) is 0 Å². The van der Waals surface area contributed by atoms with E-state index in [0.29, 0.717) is 5.41 Å². The van der Waals surface area contributed by atoms with Crippen LogP contribution in [-0.4, -0.2) is 64.1 Å². The fraction of sp³-hybridized carbons (Fsp3) is 1.00. The minimum absolute atomic E-state index is 0.334. The molecule has 0 aliphatic carbocycles. The van der Waals surface area contributed by atoms with Crippen LogP contribution in [0.3, 0.4) is 0 Å². The van der Waals surface area contributed by atoms with Gasteiger partial charge < -0.3 is 19.7 Å². The quantitative estimate of drug-likeness (QED) is 0.770. The monoisotopic (exact) mass is 242 g/mol. The van der Waals surface area contributed by atoms with Crippen LogP contribution < -0.4 is 5.32 Å². The van der Waals surface area contributed by atoms with Gasteiger partial charge in [0.05, 0.1) is 13.2 Å². The molecule has 0 saturated carbocycles. The first-order valence-corrected chi connectivity index (χ1v) is 6.93. The van der Waals surface area contributed by atoms with E-state index in [-0.39, 0.29) is 0 Å². The molecule has 0 aromatic rings. The van der Waals surface area contributed by atoms with Gasteiger partial charge in [0.1, 0.15) is 0 Å². The third kappa shape index (κ3) is 3.91. The number of ether oxygens (including phenoxy) is 2. The standard InChI is InChI=1S/C13H26N2O2/c1-2-14-10-13(4-8-17-12-13)11-15-5-3-7-16-9-6-15/h14H,2-12H2,1H3. The minimum Gasteiger partial charge on any atom is -0.381 e. The Bertz CT molecular complexity index is 209. The maximum atomic E-state index is 5.63. The first-order valence-electron chi connectivity index (χ1n) is 6.93. The van der Waals surface area contributed by atoms with E-state index >= 15 is 0 Å². The fourth-order valence-electron chi connectivity index (χ4n) is 2.79. The van der Waals surface area contributed by atoms with Crippen LogP contribution in [-0.2, 0) is 9.47 Å². The molecule has 0 radical (unpaired) electrons. The largest absolute Gasteiger partial charge is 0.381 e. The van der Waals surface area contributed by atoms with Crippen molar-refractivity contribution in [3.8, 4) is 0 Å². The number of hydrogen-bond donors (Lipinski definition) is 1. The van der Waals surface area contributed by atoms with E-state index in [1.165, 1.54) is 13.0 Å². The molecule has 2 saturated heterocycles. The average molecular weight is 242 g/mol. The molecule has 4 heteroatoms. The molecule has 2 aliphatic rings. The molecule has 17 heavy (non-hydrogen) atoms. The summed E-state index contributed by atoms with van der Waals surface area (Å²) in [6, 6.07) is 0. The predicted molar refractivity (Wildman–Crippen MR) is 68.3 cm³/mol. The molecular weight excluding hydrogens is 216 g/mol. The summed E-state index contributed by atoms with van der Waals surface area (Å²) in [4.78, 5) is 2.55. The molecule has 2 aliphatic heterocycles. The molecule has 100 valence electrons. The highest BCUT2D eigenvalue weighted by Crippen LogP contribution is 2.29. The number of rotatable bonds is 5. The number of hydrogen-bond acceptors (Lipinski definition) is 4. The van der Waals surface area contributed by atoms with Crippen molar-refractivity contribution in [3.63, 3.8) is 0 Å². The van der Waals surface area contributed by atoms with Crippen molar-refractivity contribution >= 4 is 0 Å². The van der Waals surface area contributed by atoms with Gasteiger partial charge >= 0.3 is 0 Å². The van der Waals surface area contributed by atoms with Crippen LogP contribution in [0.4, 0.5) is 0 Å². The van der Waals surface area contributed by atoms with Gasteiger partial charge in [-0.2, -0.15) is 0 Å². The van der Waals surface area contributed by atoms with Gasteiger partial charge in [0.15, 0.2) is 0 Å². The van der Waals surface area contributed by atoms with Crippen molar-refractivity contribution in [2.24, 2.45) is 5.41 Å². The van der Waals surface area contributed by atoms with Crippen molar-refractivity contribution in [3.05, 3.63) is 0 Å². The summed E-state index contributed by atoms with van der Waals surface area (Å²) in [5.74, 6) is 0. The van der Waals surface area contributed by atoms with E-state index in [0.717, 1.165) is 59.0 Å². The minimum atomic E-state index is 0.334. The van der Waals surface area contributed by atoms with Crippen LogP contribution in [0, 0.1) is 5.41 Å². The summed E-state index contributed by atoms with van der Waals surface area (Å²) in [6.45, 7) is 11.4. The Labute approximate surface area is 105 Å². The summed E-state index contributed by atoms with van der Waals surface area (Å²) >= 11 is 0. The Morgan fingerprint density at radius 1 is 1.18 bits per heavy atom. The van der Waals surface area contributed by atoms with Crippen LogP contribution in [0.1, 0.15) is 19.8 Å². The molecular formula is C13H26N2O2. The van der Waals surface area contributed by atoms with Crippen molar-refractivity contribution in [1.29, 1.82) is 0 Å². The van der Waals surface area contributed by atoms with Gasteiger partial charge in [0.25, 0.3) is 0 Å². The van der Waals surface area contributed by atoms with Crippen LogP contribution in [0.2, 0.25) is 0 Å². The summed E-state index contributed by atoms with van der Waals surface area (Å²) in [7, 11) is 0. The predicted octanol–water partition coefficient (Wildman–Crippen LogP) is 0.725. The third-order valence-corrected chi connectivity index (χ3v) is 3.81. The summed E-state index contributed by atoms with van der Waals surface area (Å²) in [6.07, 6.45) is 2.36. The molecule has 2 heterocycles. The molecule has 0 bridgehead atoms. The molecule has 2 rings (SSSR count). The Hall–Kier alpha value is -0.160. The smallest absolute Gasteiger partial charge is 0.0593 e. The Morgan fingerprint density at radius 2 is 2.12 bits per heavy atom. The lowest BCUT2D eigenvalue weighted by molar-refractivity contribution is 0.101. The molecule has 0 amide bonds. The highest BCUT2D eigenvalue weighted by Gasteiger charge is 2.36.